The number of hydrogen-bond donors (Lipinski definition) is 0. The molecule has 0 heterocycles. The standard InChI is InChI=1S/C14H6Br2N2S2.C12H4Cl6S2/c15-11-3-1-9(7-17)13(5-11)19-20-14-6-12(16)4-2-10(14)8-18;13-5-1-7(15)11(8(16)2-5)19-20-12-9(17)3-6(14)4-10(12)18/h1-6H;1-4H. The second kappa shape index (κ2) is 16.7. The van der Waals surface area contributed by atoms with Crippen molar-refractivity contribution in [3.05, 3.63) is 111 Å². The summed E-state index contributed by atoms with van der Waals surface area (Å²) in [7, 11) is 5.64. The molecular formula is C26H10Br2Cl6N2S4. The normalized spacial score (nSPS) is 10.3. The van der Waals surface area contributed by atoms with Crippen molar-refractivity contribution in [3.8, 4) is 12.1 Å². The number of nitrogens with zero attached hydrogens (tertiary/aromatic N) is 2. The predicted octanol–water partition coefficient (Wildman–Crippen LogP) is 14.2. The second-order valence-corrected chi connectivity index (χ2v) is 15.9. The highest BCUT2D eigenvalue weighted by molar-refractivity contribution is 9.10. The molecule has 0 amide bonds. The first-order valence-electron chi connectivity index (χ1n) is 10.4. The van der Waals surface area contributed by atoms with Crippen molar-refractivity contribution in [1.82, 2.24) is 0 Å². The number of rotatable bonds is 6. The summed E-state index contributed by atoms with van der Waals surface area (Å²) in [6.07, 6.45) is 0. The van der Waals surface area contributed by atoms with Gasteiger partial charge in [-0.1, -0.05) is 123 Å². The Hall–Kier alpha value is -0.0400. The predicted molar refractivity (Wildman–Crippen MR) is 184 cm³/mol. The van der Waals surface area contributed by atoms with Gasteiger partial charge in [-0.05, 0) is 82.3 Å². The maximum atomic E-state index is 9.10. The van der Waals surface area contributed by atoms with Crippen LogP contribution in [0.15, 0.2) is 89.2 Å². The highest BCUT2D eigenvalue weighted by Crippen LogP contribution is 2.49. The Morgan fingerprint density at radius 1 is 0.500 bits per heavy atom. The first-order chi connectivity index (χ1) is 19.0. The van der Waals surface area contributed by atoms with E-state index in [1.54, 1.807) is 36.4 Å². The molecule has 0 saturated heterocycles. The van der Waals surface area contributed by atoms with Crippen molar-refractivity contribution >= 4 is 145 Å². The van der Waals surface area contributed by atoms with E-state index in [0.717, 1.165) is 18.7 Å². The second-order valence-electron chi connectivity index (χ2n) is 7.24. The molecule has 0 bridgehead atoms. The molecule has 0 spiro atoms. The summed E-state index contributed by atoms with van der Waals surface area (Å²) in [5.41, 5.74) is 1.25. The summed E-state index contributed by atoms with van der Waals surface area (Å²) >= 11 is 43.0. The van der Waals surface area contributed by atoms with Gasteiger partial charge in [-0.3, -0.25) is 0 Å². The summed E-state index contributed by atoms with van der Waals surface area (Å²) in [4.78, 5) is 3.14. The van der Waals surface area contributed by atoms with Crippen molar-refractivity contribution in [3.63, 3.8) is 0 Å². The molecule has 0 aliphatic carbocycles. The molecular weight excluding hydrogens is 841 g/mol. The van der Waals surface area contributed by atoms with E-state index in [2.05, 4.69) is 44.0 Å². The maximum absolute atomic E-state index is 9.10. The lowest BCUT2D eigenvalue weighted by atomic mass is 10.2. The Kier molecular flexibility index (Phi) is 14.4. The lowest BCUT2D eigenvalue weighted by molar-refractivity contribution is 1.35. The fraction of sp³-hybridized carbons (Fsp3) is 0. The number of hydrogen-bond acceptors (Lipinski definition) is 6. The molecule has 0 fully saturated rings. The van der Waals surface area contributed by atoms with Crippen LogP contribution in [0.5, 0.6) is 0 Å². The van der Waals surface area contributed by atoms with E-state index in [9.17, 15) is 0 Å². The first kappa shape index (κ1) is 34.5. The lowest BCUT2D eigenvalue weighted by Gasteiger charge is -2.09. The molecule has 40 heavy (non-hydrogen) atoms. The van der Waals surface area contributed by atoms with Gasteiger partial charge in [-0.2, -0.15) is 10.5 Å². The summed E-state index contributed by atoms with van der Waals surface area (Å²) in [6, 6.07) is 21.9. The van der Waals surface area contributed by atoms with Gasteiger partial charge in [0.2, 0.25) is 0 Å². The van der Waals surface area contributed by atoms with Gasteiger partial charge in [0.1, 0.15) is 12.1 Å². The minimum Gasteiger partial charge on any atom is -0.192 e. The van der Waals surface area contributed by atoms with Gasteiger partial charge in [0, 0.05) is 28.8 Å². The van der Waals surface area contributed by atoms with Crippen molar-refractivity contribution < 1.29 is 0 Å². The monoisotopic (exact) mass is 846 g/mol. The molecule has 0 radical (unpaired) electrons. The van der Waals surface area contributed by atoms with E-state index < -0.39 is 0 Å². The van der Waals surface area contributed by atoms with Gasteiger partial charge in [-0.25, -0.2) is 0 Å². The van der Waals surface area contributed by atoms with E-state index >= 15 is 0 Å². The van der Waals surface area contributed by atoms with Crippen LogP contribution in [0.4, 0.5) is 0 Å². The Bertz CT molecular complexity index is 1480. The smallest absolute Gasteiger partial charge is 0.100 e. The highest BCUT2D eigenvalue weighted by Gasteiger charge is 2.14. The van der Waals surface area contributed by atoms with E-state index in [-0.39, 0.29) is 0 Å². The molecule has 0 aromatic heterocycles. The maximum Gasteiger partial charge on any atom is 0.100 e. The molecule has 204 valence electrons. The molecule has 0 atom stereocenters. The fourth-order valence-electron chi connectivity index (χ4n) is 2.71. The molecule has 0 N–H and O–H groups in total. The first-order valence-corrected chi connectivity index (χ1v) is 18.5. The molecule has 4 aromatic rings. The van der Waals surface area contributed by atoms with Crippen molar-refractivity contribution in [2.45, 2.75) is 19.6 Å². The Balaban J connectivity index is 0.000000220. The van der Waals surface area contributed by atoms with E-state index in [1.807, 2.05) is 24.3 Å². The third-order valence-electron chi connectivity index (χ3n) is 4.48. The van der Waals surface area contributed by atoms with Gasteiger partial charge in [-0.15, -0.1) is 0 Å². The van der Waals surface area contributed by atoms with Crippen LogP contribution >= 0.6 is 145 Å². The van der Waals surface area contributed by atoms with Crippen molar-refractivity contribution in [1.29, 1.82) is 10.5 Å². The van der Waals surface area contributed by atoms with E-state index in [0.29, 0.717) is 51.1 Å². The Morgan fingerprint density at radius 2 is 0.825 bits per heavy atom. The molecule has 14 heteroatoms. The molecule has 2 nitrogen and oxygen atoms in total. The third-order valence-corrected chi connectivity index (χ3v) is 12.5. The lowest BCUT2D eigenvalue weighted by Crippen LogP contribution is -1.82. The Labute approximate surface area is 294 Å². The van der Waals surface area contributed by atoms with Crippen LogP contribution in [0.2, 0.25) is 30.1 Å². The van der Waals surface area contributed by atoms with Crippen molar-refractivity contribution in [2.24, 2.45) is 0 Å². The SMILES string of the molecule is Clc1cc(Cl)c(SSc2c(Cl)cc(Cl)cc2Cl)c(Cl)c1.N#Cc1ccc(Br)cc1SSc1cc(Br)ccc1C#N. The van der Waals surface area contributed by atoms with Crippen LogP contribution in [0, 0.1) is 22.7 Å². The molecule has 0 unspecified atom stereocenters. The minimum atomic E-state index is 0.473. The molecule has 0 aliphatic heterocycles. The summed E-state index contributed by atoms with van der Waals surface area (Å²) in [5.74, 6) is 0. The quantitative estimate of drug-likeness (QED) is 0.180. The highest BCUT2D eigenvalue weighted by atomic mass is 79.9. The van der Waals surface area contributed by atoms with Crippen LogP contribution < -0.4 is 0 Å². The van der Waals surface area contributed by atoms with E-state index in [4.69, 9.17) is 80.1 Å². The number of halogens is 8. The zero-order chi connectivity index (χ0) is 29.4. The van der Waals surface area contributed by atoms with Crippen LogP contribution in [0.3, 0.4) is 0 Å². The van der Waals surface area contributed by atoms with Crippen LogP contribution in [0.1, 0.15) is 11.1 Å². The van der Waals surface area contributed by atoms with Gasteiger partial charge in [0.25, 0.3) is 0 Å². The molecule has 4 rings (SSSR count). The number of benzene rings is 4. The molecule has 0 saturated carbocycles. The largest absolute Gasteiger partial charge is 0.192 e. The summed E-state index contributed by atoms with van der Waals surface area (Å²) < 4.78 is 1.85. The van der Waals surface area contributed by atoms with Gasteiger partial charge < -0.3 is 0 Å². The summed E-state index contributed by atoms with van der Waals surface area (Å²) in [6.45, 7) is 0. The van der Waals surface area contributed by atoms with Gasteiger partial charge >= 0.3 is 0 Å². The molecule has 0 aliphatic rings. The molecule has 4 aromatic carbocycles. The topological polar surface area (TPSA) is 47.6 Å². The zero-order valence-electron chi connectivity index (χ0n) is 19.3. The van der Waals surface area contributed by atoms with Gasteiger partial charge in [0.15, 0.2) is 0 Å². The van der Waals surface area contributed by atoms with Crippen LogP contribution in [-0.4, -0.2) is 0 Å². The summed E-state index contributed by atoms with van der Waals surface area (Å²) in [5, 5.41) is 21.1. The van der Waals surface area contributed by atoms with E-state index in [1.165, 1.54) is 43.2 Å². The number of nitriles is 2. The fourth-order valence-corrected chi connectivity index (χ4v) is 11.0. The van der Waals surface area contributed by atoms with Crippen LogP contribution in [0.25, 0.3) is 0 Å². The van der Waals surface area contributed by atoms with Gasteiger partial charge in [0.05, 0.1) is 41.0 Å². The van der Waals surface area contributed by atoms with Crippen LogP contribution in [-0.2, 0) is 0 Å². The average molecular weight is 851 g/mol. The Morgan fingerprint density at radius 3 is 1.12 bits per heavy atom. The average Bonchev–Trinajstić information content (AvgIpc) is 2.88. The zero-order valence-corrected chi connectivity index (χ0v) is 30.3. The van der Waals surface area contributed by atoms with Crippen molar-refractivity contribution in [2.75, 3.05) is 0 Å². The third kappa shape index (κ3) is 10.0. The minimum absolute atomic E-state index is 0.473.